The van der Waals surface area contributed by atoms with Gasteiger partial charge in [0, 0.05) is 37.4 Å². The Morgan fingerprint density at radius 1 is 1.11 bits per heavy atom. The Morgan fingerprint density at radius 2 is 1.74 bits per heavy atom. The van der Waals surface area contributed by atoms with E-state index in [2.05, 4.69) is 30.6 Å². The molecule has 19 heavy (non-hydrogen) atoms. The summed E-state index contributed by atoms with van der Waals surface area (Å²) >= 11 is 0. The number of hydrogen-bond donors (Lipinski definition) is 0. The number of nitrogens with zero attached hydrogens (tertiary/aromatic N) is 3. The Bertz CT molecular complexity index is 491. The molecule has 0 N–H and O–H groups in total. The standard InChI is InChI=1S/C15H20FN3/c1-15(2,3)19-6-4-18(5-7-19)14-9-12(11-17)8-13(16)10-14/h8-10H,4-7H2,1-3H3. The fourth-order valence-corrected chi connectivity index (χ4v) is 2.46. The Kier molecular flexibility index (Phi) is 3.77. The summed E-state index contributed by atoms with van der Waals surface area (Å²) in [4.78, 5) is 4.57. The molecule has 0 amide bonds. The molecule has 1 saturated heterocycles. The maximum absolute atomic E-state index is 13.4. The van der Waals surface area contributed by atoms with Gasteiger partial charge in [-0.15, -0.1) is 0 Å². The zero-order valence-corrected chi connectivity index (χ0v) is 11.8. The van der Waals surface area contributed by atoms with E-state index in [4.69, 9.17) is 5.26 Å². The molecule has 0 bridgehead atoms. The molecule has 0 spiro atoms. The summed E-state index contributed by atoms with van der Waals surface area (Å²) in [5, 5.41) is 8.89. The van der Waals surface area contributed by atoms with Crippen LogP contribution in [0.4, 0.5) is 10.1 Å². The Morgan fingerprint density at radius 3 is 2.26 bits per heavy atom. The van der Waals surface area contributed by atoms with E-state index < -0.39 is 0 Å². The molecule has 0 radical (unpaired) electrons. The number of rotatable bonds is 1. The van der Waals surface area contributed by atoms with Crippen LogP contribution in [-0.2, 0) is 0 Å². The molecule has 0 saturated carbocycles. The lowest BCUT2D eigenvalue weighted by Crippen LogP contribution is -2.53. The van der Waals surface area contributed by atoms with Crippen molar-refractivity contribution in [1.29, 1.82) is 5.26 Å². The summed E-state index contributed by atoms with van der Waals surface area (Å²) in [7, 11) is 0. The van der Waals surface area contributed by atoms with Crippen LogP contribution >= 0.6 is 0 Å². The van der Waals surface area contributed by atoms with Crippen LogP contribution in [0.3, 0.4) is 0 Å². The van der Waals surface area contributed by atoms with Crippen molar-refractivity contribution in [3.63, 3.8) is 0 Å². The molecule has 4 heteroatoms. The number of anilines is 1. The Labute approximate surface area is 114 Å². The molecule has 1 aliphatic rings. The molecule has 1 fully saturated rings. The van der Waals surface area contributed by atoms with Crippen molar-refractivity contribution in [3.05, 3.63) is 29.6 Å². The average molecular weight is 261 g/mol. The Hall–Kier alpha value is -1.60. The number of halogens is 1. The molecular formula is C15H20FN3. The molecule has 0 aliphatic carbocycles. The van der Waals surface area contributed by atoms with E-state index in [0.717, 1.165) is 31.9 Å². The predicted octanol–water partition coefficient (Wildman–Crippen LogP) is 2.62. The molecule has 0 unspecified atom stereocenters. The summed E-state index contributed by atoms with van der Waals surface area (Å²) in [6.45, 7) is 10.3. The fraction of sp³-hybridized carbons (Fsp3) is 0.533. The highest BCUT2D eigenvalue weighted by molar-refractivity contribution is 5.52. The van der Waals surface area contributed by atoms with Gasteiger partial charge < -0.3 is 4.90 Å². The van der Waals surface area contributed by atoms with E-state index in [9.17, 15) is 4.39 Å². The highest BCUT2D eigenvalue weighted by Crippen LogP contribution is 2.22. The summed E-state index contributed by atoms with van der Waals surface area (Å²) in [5.74, 6) is -0.340. The van der Waals surface area contributed by atoms with Crippen molar-refractivity contribution < 1.29 is 4.39 Å². The van der Waals surface area contributed by atoms with Crippen LogP contribution in [0.15, 0.2) is 18.2 Å². The molecule has 3 nitrogen and oxygen atoms in total. The van der Waals surface area contributed by atoms with Crippen molar-refractivity contribution in [2.75, 3.05) is 31.1 Å². The highest BCUT2D eigenvalue weighted by Gasteiger charge is 2.26. The largest absolute Gasteiger partial charge is 0.369 e. The van der Waals surface area contributed by atoms with Crippen LogP contribution < -0.4 is 4.90 Å². The lowest BCUT2D eigenvalue weighted by molar-refractivity contribution is 0.128. The quantitative estimate of drug-likeness (QED) is 0.778. The first-order valence-corrected chi connectivity index (χ1v) is 6.61. The SMILES string of the molecule is CC(C)(C)N1CCN(c2cc(F)cc(C#N)c2)CC1. The molecule has 1 aromatic carbocycles. The van der Waals surface area contributed by atoms with E-state index in [1.807, 2.05) is 6.07 Å². The highest BCUT2D eigenvalue weighted by atomic mass is 19.1. The third kappa shape index (κ3) is 3.24. The molecule has 0 atom stereocenters. The third-order valence-electron chi connectivity index (χ3n) is 3.61. The van der Waals surface area contributed by atoms with Gasteiger partial charge in [0.05, 0.1) is 11.6 Å². The first kappa shape index (κ1) is 13.8. The zero-order valence-electron chi connectivity index (χ0n) is 11.8. The average Bonchev–Trinajstić information content (AvgIpc) is 2.37. The molecule has 0 aromatic heterocycles. The van der Waals surface area contributed by atoms with Gasteiger partial charge in [0.1, 0.15) is 5.82 Å². The predicted molar refractivity (Wildman–Crippen MR) is 74.7 cm³/mol. The van der Waals surface area contributed by atoms with E-state index in [1.165, 1.54) is 12.1 Å². The summed E-state index contributed by atoms with van der Waals surface area (Å²) < 4.78 is 13.4. The van der Waals surface area contributed by atoms with Gasteiger partial charge in [-0.05, 0) is 39.0 Å². The van der Waals surface area contributed by atoms with Crippen LogP contribution in [-0.4, -0.2) is 36.6 Å². The van der Waals surface area contributed by atoms with Crippen molar-refractivity contribution in [1.82, 2.24) is 4.90 Å². The van der Waals surface area contributed by atoms with Crippen LogP contribution in [0.5, 0.6) is 0 Å². The van der Waals surface area contributed by atoms with Crippen molar-refractivity contribution in [2.45, 2.75) is 26.3 Å². The minimum atomic E-state index is -0.340. The second-order valence-corrected chi connectivity index (χ2v) is 5.95. The van der Waals surface area contributed by atoms with Gasteiger partial charge in [-0.1, -0.05) is 0 Å². The topological polar surface area (TPSA) is 30.3 Å². The van der Waals surface area contributed by atoms with Gasteiger partial charge in [-0.3, -0.25) is 4.90 Å². The van der Waals surface area contributed by atoms with Crippen LogP contribution in [0.2, 0.25) is 0 Å². The fourth-order valence-electron chi connectivity index (χ4n) is 2.46. The van der Waals surface area contributed by atoms with Gasteiger partial charge in [0.25, 0.3) is 0 Å². The van der Waals surface area contributed by atoms with Gasteiger partial charge in [-0.25, -0.2) is 4.39 Å². The second kappa shape index (κ2) is 5.18. The monoisotopic (exact) mass is 261 g/mol. The maximum atomic E-state index is 13.4. The number of hydrogen-bond acceptors (Lipinski definition) is 3. The van der Waals surface area contributed by atoms with E-state index in [0.29, 0.717) is 5.56 Å². The number of nitriles is 1. The lowest BCUT2D eigenvalue weighted by atomic mass is 10.0. The summed E-state index contributed by atoms with van der Waals surface area (Å²) in [6.07, 6.45) is 0. The van der Waals surface area contributed by atoms with Crippen molar-refractivity contribution >= 4 is 5.69 Å². The van der Waals surface area contributed by atoms with E-state index in [-0.39, 0.29) is 11.4 Å². The minimum Gasteiger partial charge on any atom is -0.369 e. The Balaban J connectivity index is 2.10. The second-order valence-electron chi connectivity index (χ2n) is 5.95. The first-order chi connectivity index (χ1) is 8.90. The number of piperazine rings is 1. The summed E-state index contributed by atoms with van der Waals surface area (Å²) in [6, 6.07) is 6.54. The zero-order chi connectivity index (χ0) is 14.0. The summed E-state index contributed by atoms with van der Waals surface area (Å²) in [5.41, 5.74) is 1.37. The first-order valence-electron chi connectivity index (χ1n) is 6.61. The van der Waals surface area contributed by atoms with Crippen LogP contribution in [0, 0.1) is 17.1 Å². The molecular weight excluding hydrogens is 241 g/mol. The normalized spacial score (nSPS) is 17.3. The molecule has 1 aliphatic heterocycles. The van der Waals surface area contributed by atoms with Gasteiger partial charge >= 0.3 is 0 Å². The van der Waals surface area contributed by atoms with Gasteiger partial charge in [-0.2, -0.15) is 5.26 Å². The van der Waals surface area contributed by atoms with Crippen LogP contribution in [0.1, 0.15) is 26.3 Å². The van der Waals surface area contributed by atoms with E-state index >= 15 is 0 Å². The lowest BCUT2D eigenvalue weighted by Gasteiger charge is -2.43. The van der Waals surface area contributed by atoms with Crippen molar-refractivity contribution in [2.24, 2.45) is 0 Å². The molecule has 1 heterocycles. The number of benzene rings is 1. The minimum absolute atomic E-state index is 0.172. The third-order valence-corrected chi connectivity index (χ3v) is 3.61. The molecule has 2 rings (SSSR count). The smallest absolute Gasteiger partial charge is 0.126 e. The van der Waals surface area contributed by atoms with Gasteiger partial charge in [0.2, 0.25) is 0 Å². The molecule has 1 aromatic rings. The molecule has 102 valence electrons. The van der Waals surface area contributed by atoms with Gasteiger partial charge in [0.15, 0.2) is 0 Å². The van der Waals surface area contributed by atoms with Crippen molar-refractivity contribution in [3.8, 4) is 6.07 Å². The van der Waals surface area contributed by atoms with Crippen LogP contribution in [0.25, 0.3) is 0 Å². The maximum Gasteiger partial charge on any atom is 0.126 e. The van der Waals surface area contributed by atoms with E-state index in [1.54, 1.807) is 6.07 Å².